The molecule has 0 radical (unpaired) electrons. The predicted molar refractivity (Wildman–Crippen MR) is 136 cm³/mol. The van der Waals surface area contributed by atoms with E-state index in [1.165, 1.54) is 29.5 Å². The van der Waals surface area contributed by atoms with Crippen LogP contribution in [0.1, 0.15) is 62.1 Å². The van der Waals surface area contributed by atoms with Gasteiger partial charge in [0.1, 0.15) is 21.8 Å². The fraction of sp³-hybridized carbons (Fsp3) is 0.500. The minimum atomic E-state index is -0.242. The van der Waals surface area contributed by atoms with Crippen molar-refractivity contribution in [3.63, 3.8) is 0 Å². The molecule has 2 saturated heterocycles. The smallest absolute Gasteiger partial charge is 0.270 e. The summed E-state index contributed by atoms with van der Waals surface area (Å²) in [6.07, 6.45) is 9.72. The van der Waals surface area contributed by atoms with Crippen molar-refractivity contribution < 1.29 is 4.79 Å². The van der Waals surface area contributed by atoms with Gasteiger partial charge < -0.3 is 4.90 Å². The molecule has 8 heteroatoms. The zero-order chi connectivity index (χ0) is 23.3. The first-order valence-electron chi connectivity index (χ1n) is 11.2. The van der Waals surface area contributed by atoms with Crippen LogP contribution in [0.15, 0.2) is 22.4 Å². The molecule has 0 saturated carbocycles. The number of carbonyl (C=O) groups is 1. The molecule has 1 amide bonds. The zero-order valence-corrected chi connectivity index (χ0v) is 20.5. The Hall–Kier alpha value is -2.37. The summed E-state index contributed by atoms with van der Waals surface area (Å²) in [6.45, 7) is 10.2. The van der Waals surface area contributed by atoms with Crippen LogP contribution in [-0.2, 0) is 11.3 Å². The highest BCUT2D eigenvalue weighted by Crippen LogP contribution is 2.36. The first kappa shape index (κ1) is 24.3. The van der Waals surface area contributed by atoms with Gasteiger partial charge in [0.15, 0.2) is 0 Å². The van der Waals surface area contributed by atoms with Crippen molar-refractivity contribution in [2.24, 2.45) is 0 Å². The van der Waals surface area contributed by atoms with Crippen LogP contribution in [0.5, 0.6) is 0 Å². The molecule has 2 aliphatic heterocycles. The predicted octanol–water partition coefficient (Wildman–Crippen LogP) is 4.60. The second-order valence-corrected chi connectivity index (χ2v) is 9.82. The van der Waals surface area contributed by atoms with Crippen LogP contribution in [0.2, 0.25) is 0 Å². The molecule has 0 bridgehead atoms. The number of unbranched alkanes of at least 4 members (excludes halogenated alkanes) is 1. The Kier molecular flexibility index (Phi) is 8.32. The molecule has 32 heavy (non-hydrogen) atoms. The molecule has 170 valence electrons. The van der Waals surface area contributed by atoms with Crippen LogP contribution < -0.4 is 10.5 Å². The summed E-state index contributed by atoms with van der Waals surface area (Å²) >= 11 is 6.66. The molecule has 6 nitrogen and oxygen atoms in total. The lowest BCUT2D eigenvalue weighted by atomic mass is 10.0. The van der Waals surface area contributed by atoms with Gasteiger partial charge in [-0.3, -0.25) is 19.1 Å². The molecule has 0 spiro atoms. The van der Waals surface area contributed by atoms with E-state index in [-0.39, 0.29) is 17.0 Å². The molecule has 1 aromatic heterocycles. The van der Waals surface area contributed by atoms with Crippen LogP contribution in [0, 0.1) is 18.3 Å². The highest BCUT2D eigenvalue weighted by molar-refractivity contribution is 8.26. The van der Waals surface area contributed by atoms with Crippen LogP contribution in [0.4, 0.5) is 5.82 Å². The molecule has 0 N–H and O–H groups in total. The van der Waals surface area contributed by atoms with Gasteiger partial charge in [0.25, 0.3) is 11.5 Å². The molecule has 0 atom stereocenters. The van der Waals surface area contributed by atoms with Crippen LogP contribution in [0.3, 0.4) is 0 Å². The van der Waals surface area contributed by atoms with E-state index in [1.807, 2.05) is 13.0 Å². The maximum absolute atomic E-state index is 13.3. The summed E-state index contributed by atoms with van der Waals surface area (Å²) in [7, 11) is 0. The third-order valence-electron chi connectivity index (χ3n) is 5.95. The van der Waals surface area contributed by atoms with Crippen molar-refractivity contribution in [1.82, 2.24) is 9.47 Å². The van der Waals surface area contributed by atoms with Crippen LogP contribution in [-0.4, -0.2) is 39.3 Å². The van der Waals surface area contributed by atoms with E-state index in [4.69, 9.17) is 12.2 Å². The second kappa shape index (κ2) is 11.0. The number of amides is 1. The van der Waals surface area contributed by atoms with Crippen molar-refractivity contribution in [2.45, 2.75) is 58.9 Å². The number of carbonyl (C=O) groups excluding carboxylic acids is 1. The number of rotatable bonds is 7. The fourth-order valence-electron chi connectivity index (χ4n) is 4.21. The van der Waals surface area contributed by atoms with E-state index in [2.05, 4.69) is 24.5 Å². The third kappa shape index (κ3) is 4.84. The Labute approximate surface area is 199 Å². The summed E-state index contributed by atoms with van der Waals surface area (Å²) in [5.74, 6) is 0.668. The van der Waals surface area contributed by atoms with Gasteiger partial charge in [0.2, 0.25) is 0 Å². The van der Waals surface area contributed by atoms with Gasteiger partial charge >= 0.3 is 0 Å². The average Bonchev–Trinajstić information content (AvgIpc) is 2.96. The third-order valence-corrected chi connectivity index (χ3v) is 7.33. The lowest BCUT2D eigenvalue weighted by Crippen LogP contribution is -2.35. The maximum Gasteiger partial charge on any atom is 0.270 e. The number of anilines is 1. The molecule has 0 aliphatic carbocycles. The number of pyridine rings is 1. The normalized spacial score (nSPS) is 18.2. The van der Waals surface area contributed by atoms with E-state index >= 15 is 0 Å². The van der Waals surface area contributed by atoms with Gasteiger partial charge in [0.05, 0.1) is 4.91 Å². The molecular formula is C24H30N4O2S2. The second-order valence-electron chi connectivity index (χ2n) is 8.14. The van der Waals surface area contributed by atoms with Crippen molar-refractivity contribution in [3.8, 4) is 6.07 Å². The molecule has 2 fully saturated rings. The summed E-state index contributed by atoms with van der Waals surface area (Å²) in [5, 5.41) is 9.78. The van der Waals surface area contributed by atoms with Gasteiger partial charge in [0, 0.05) is 31.7 Å². The van der Waals surface area contributed by atoms with E-state index in [0.29, 0.717) is 27.9 Å². The van der Waals surface area contributed by atoms with E-state index < -0.39 is 0 Å². The van der Waals surface area contributed by atoms with E-state index in [1.54, 1.807) is 10.6 Å². The van der Waals surface area contributed by atoms with Gasteiger partial charge in [-0.25, -0.2) is 0 Å². The summed E-state index contributed by atoms with van der Waals surface area (Å²) in [4.78, 5) is 30.6. The van der Waals surface area contributed by atoms with E-state index in [0.717, 1.165) is 50.2 Å². The number of thiocarbonyl (C=S) groups is 1. The number of thioether (sulfide) groups is 1. The largest absolute Gasteiger partial charge is 0.357 e. The number of nitrogens with zero attached hydrogens (tertiary/aromatic N) is 4. The summed E-state index contributed by atoms with van der Waals surface area (Å²) < 4.78 is 2.26. The number of hydrogen-bond donors (Lipinski definition) is 0. The molecule has 3 heterocycles. The Morgan fingerprint density at radius 2 is 1.91 bits per heavy atom. The standard InChI is InChI=1S/C24H30N4O2S2/c1-4-6-14-27-21(26-12-9-7-8-10-13-26)18(17(3)19(16-25)22(27)29)15-20-23(30)28(11-5-2)24(31)32-20/h5,15H,2,4,6-14H2,1,3H3/b20-15+. The van der Waals surface area contributed by atoms with Crippen molar-refractivity contribution >= 4 is 46.1 Å². The molecule has 1 aromatic rings. The fourth-order valence-corrected chi connectivity index (χ4v) is 5.47. The highest BCUT2D eigenvalue weighted by Gasteiger charge is 2.32. The SMILES string of the molecule is C=CCN1C(=O)/C(=C\c2c(C)c(C#N)c(=O)n(CCCC)c2N2CCCCCC2)SC1=S. The van der Waals surface area contributed by atoms with Crippen molar-refractivity contribution in [1.29, 1.82) is 5.26 Å². The Balaban J connectivity index is 2.24. The van der Waals surface area contributed by atoms with Gasteiger partial charge in [-0.05, 0) is 37.8 Å². The molecule has 3 rings (SSSR count). The minimum absolute atomic E-state index is 0.146. The minimum Gasteiger partial charge on any atom is -0.357 e. The average molecular weight is 471 g/mol. The highest BCUT2D eigenvalue weighted by atomic mass is 32.2. The molecular weight excluding hydrogens is 440 g/mol. The van der Waals surface area contributed by atoms with E-state index in [9.17, 15) is 14.9 Å². The van der Waals surface area contributed by atoms with Crippen molar-refractivity contribution in [2.75, 3.05) is 24.5 Å². The lowest BCUT2D eigenvalue weighted by Gasteiger charge is -2.29. The Morgan fingerprint density at radius 3 is 2.50 bits per heavy atom. The number of aromatic nitrogens is 1. The Morgan fingerprint density at radius 1 is 1.22 bits per heavy atom. The Bertz CT molecular complexity index is 1040. The van der Waals surface area contributed by atoms with Gasteiger partial charge in [-0.1, -0.05) is 56.2 Å². The molecule has 0 unspecified atom stereocenters. The van der Waals surface area contributed by atoms with Crippen LogP contribution in [0.25, 0.3) is 6.08 Å². The summed E-state index contributed by atoms with van der Waals surface area (Å²) in [6, 6.07) is 2.11. The molecule has 2 aliphatic rings. The zero-order valence-electron chi connectivity index (χ0n) is 18.9. The lowest BCUT2D eigenvalue weighted by molar-refractivity contribution is -0.121. The van der Waals surface area contributed by atoms with Crippen molar-refractivity contribution in [3.05, 3.63) is 44.6 Å². The number of hydrogen-bond acceptors (Lipinski definition) is 6. The quantitative estimate of drug-likeness (QED) is 0.330. The molecule has 0 aromatic carbocycles. The first-order valence-corrected chi connectivity index (χ1v) is 12.5. The topological polar surface area (TPSA) is 69.3 Å². The van der Waals surface area contributed by atoms with Gasteiger partial charge in [-0.15, -0.1) is 6.58 Å². The number of nitriles is 1. The summed E-state index contributed by atoms with van der Waals surface area (Å²) in [5.41, 5.74) is 1.30. The first-order chi connectivity index (χ1) is 15.4. The van der Waals surface area contributed by atoms with Crippen LogP contribution >= 0.6 is 24.0 Å². The van der Waals surface area contributed by atoms with Gasteiger partial charge in [-0.2, -0.15) is 5.26 Å². The maximum atomic E-state index is 13.3. The monoisotopic (exact) mass is 470 g/mol.